The molecular formula is C14H15N3O4. The van der Waals surface area contributed by atoms with Gasteiger partial charge in [0.1, 0.15) is 5.56 Å². The SMILES string of the molecule is Cc1noc(N)c1C(=O)O[C@@H](C)C(=O)Nc1ccccc1. The van der Waals surface area contributed by atoms with Gasteiger partial charge in [-0.1, -0.05) is 23.4 Å². The molecule has 0 aliphatic heterocycles. The van der Waals surface area contributed by atoms with Crippen LogP contribution in [0.5, 0.6) is 0 Å². The highest BCUT2D eigenvalue weighted by Crippen LogP contribution is 2.17. The van der Waals surface area contributed by atoms with Gasteiger partial charge in [0.15, 0.2) is 6.10 Å². The van der Waals surface area contributed by atoms with Gasteiger partial charge in [0.25, 0.3) is 5.91 Å². The van der Waals surface area contributed by atoms with Gasteiger partial charge in [-0.15, -0.1) is 0 Å². The predicted molar refractivity (Wildman–Crippen MR) is 75.6 cm³/mol. The van der Waals surface area contributed by atoms with Crippen molar-refractivity contribution in [2.75, 3.05) is 11.1 Å². The number of ether oxygens (including phenoxy) is 1. The van der Waals surface area contributed by atoms with E-state index in [2.05, 4.69) is 15.0 Å². The summed E-state index contributed by atoms with van der Waals surface area (Å²) in [5.41, 5.74) is 6.45. The zero-order valence-electron chi connectivity index (χ0n) is 11.6. The minimum absolute atomic E-state index is 0.0364. The number of nitrogens with one attached hydrogen (secondary N) is 1. The number of nitrogens with zero attached hydrogens (tertiary/aromatic N) is 1. The van der Waals surface area contributed by atoms with E-state index < -0.39 is 18.0 Å². The molecule has 0 aliphatic rings. The first-order valence-corrected chi connectivity index (χ1v) is 6.27. The van der Waals surface area contributed by atoms with Crippen molar-refractivity contribution in [3.63, 3.8) is 0 Å². The van der Waals surface area contributed by atoms with Gasteiger partial charge < -0.3 is 20.3 Å². The summed E-state index contributed by atoms with van der Waals surface area (Å²) < 4.78 is 9.74. The second kappa shape index (κ2) is 6.08. The van der Waals surface area contributed by atoms with Crippen LogP contribution in [0.15, 0.2) is 34.9 Å². The smallest absolute Gasteiger partial charge is 0.346 e. The average Bonchev–Trinajstić information content (AvgIpc) is 2.79. The van der Waals surface area contributed by atoms with Crippen molar-refractivity contribution in [3.05, 3.63) is 41.6 Å². The fourth-order valence-electron chi connectivity index (χ4n) is 1.67. The number of nitrogens with two attached hydrogens (primary N) is 1. The Morgan fingerprint density at radius 1 is 1.33 bits per heavy atom. The maximum Gasteiger partial charge on any atom is 0.346 e. The molecular weight excluding hydrogens is 274 g/mol. The van der Waals surface area contributed by atoms with Gasteiger partial charge in [0.05, 0.1) is 5.69 Å². The third-order valence-electron chi connectivity index (χ3n) is 2.79. The Morgan fingerprint density at radius 2 is 2.00 bits per heavy atom. The van der Waals surface area contributed by atoms with Crippen LogP contribution in [0.4, 0.5) is 11.6 Å². The van der Waals surface area contributed by atoms with E-state index in [0.717, 1.165) is 0 Å². The van der Waals surface area contributed by atoms with Crippen molar-refractivity contribution < 1.29 is 18.8 Å². The van der Waals surface area contributed by atoms with Crippen molar-refractivity contribution in [2.24, 2.45) is 0 Å². The lowest BCUT2D eigenvalue weighted by molar-refractivity contribution is -0.123. The molecule has 0 aliphatic carbocycles. The monoisotopic (exact) mass is 289 g/mol. The van der Waals surface area contributed by atoms with Gasteiger partial charge in [-0.05, 0) is 26.0 Å². The first-order chi connectivity index (χ1) is 9.99. The number of esters is 1. The highest BCUT2D eigenvalue weighted by Gasteiger charge is 2.24. The largest absolute Gasteiger partial charge is 0.449 e. The molecule has 1 atom stereocenters. The zero-order valence-corrected chi connectivity index (χ0v) is 11.6. The van der Waals surface area contributed by atoms with Gasteiger partial charge in [0.2, 0.25) is 5.88 Å². The summed E-state index contributed by atoms with van der Waals surface area (Å²) in [6.45, 7) is 3.03. The van der Waals surface area contributed by atoms with Crippen LogP contribution in [-0.2, 0) is 9.53 Å². The van der Waals surface area contributed by atoms with Crippen LogP contribution in [0.3, 0.4) is 0 Å². The lowest BCUT2D eigenvalue weighted by Crippen LogP contribution is -2.30. The molecule has 1 aromatic heterocycles. The fraction of sp³-hybridized carbons (Fsp3) is 0.214. The van der Waals surface area contributed by atoms with Gasteiger partial charge in [-0.25, -0.2) is 4.79 Å². The van der Waals surface area contributed by atoms with Crippen molar-refractivity contribution in [2.45, 2.75) is 20.0 Å². The Labute approximate surface area is 121 Å². The normalized spacial score (nSPS) is 11.7. The number of carbonyl (C=O) groups excluding carboxylic acids is 2. The van der Waals surface area contributed by atoms with E-state index in [-0.39, 0.29) is 11.4 Å². The molecule has 2 rings (SSSR count). The third-order valence-corrected chi connectivity index (χ3v) is 2.79. The molecule has 0 spiro atoms. The Balaban J connectivity index is 1.99. The predicted octanol–water partition coefficient (Wildman–Crippen LogP) is 1.75. The first kappa shape index (κ1) is 14.6. The molecule has 1 aromatic carbocycles. The number of anilines is 2. The molecule has 0 fully saturated rings. The Morgan fingerprint density at radius 3 is 2.57 bits per heavy atom. The summed E-state index contributed by atoms with van der Waals surface area (Å²) in [4.78, 5) is 23.9. The summed E-state index contributed by atoms with van der Waals surface area (Å²) in [7, 11) is 0. The molecule has 0 saturated heterocycles. The molecule has 3 N–H and O–H groups in total. The standard InChI is InChI=1S/C14H15N3O4/c1-8-11(12(15)21-17-8)14(19)20-9(2)13(18)16-10-6-4-3-5-7-10/h3-7,9H,15H2,1-2H3,(H,16,18)/t9-/m0/s1. The summed E-state index contributed by atoms with van der Waals surface area (Å²) >= 11 is 0. The maximum atomic E-state index is 11.9. The van der Waals surface area contributed by atoms with E-state index >= 15 is 0 Å². The Bertz CT molecular complexity index is 632. The lowest BCUT2D eigenvalue weighted by atomic mass is 10.2. The first-order valence-electron chi connectivity index (χ1n) is 6.27. The molecule has 110 valence electrons. The average molecular weight is 289 g/mol. The van der Waals surface area contributed by atoms with Crippen LogP contribution in [0.2, 0.25) is 0 Å². The number of benzene rings is 1. The number of hydrogen-bond donors (Lipinski definition) is 2. The molecule has 0 bridgehead atoms. The molecule has 1 amide bonds. The molecule has 7 nitrogen and oxygen atoms in total. The van der Waals surface area contributed by atoms with E-state index in [9.17, 15) is 9.59 Å². The number of amides is 1. The van der Waals surface area contributed by atoms with Gasteiger partial charge >= 0.3 is 5.97 Å². The van der Waals surface area contributed by atoms with Crippen molar-refractivity contribution >= 4 is 23.4 Å². The second-order valence-electron chi connectivity index (χ2n) is 4.41. The summed E-state index contributed by atoms with van der Waals surface area (Å²) in [5, 5.41) is 6.19. The van der Waals surface area contributed by atoms with Crippen LogP contribution in [0.25, 0.3) is 0 Å². The van der Waals surface area contributed by atoms with E-state index in [1.54, 1.807) is 31.2 Å². The van der Waals surface area contributed by atoms with Crippen LogP contribution < -0.4 is 11.1 Å². The van der Waals surface area contributed by atoms with Crippen molar-refractivity contribution in [1.29, 1.82) is 0 Å². The molecule has 21 heavy (non-hydrogen) atoms. The number of aryl methyl sites for hydroxylation is 1. The Kier molecular flexibility index (Phi) is 4.22. The van der Waals surface area contributed by atoms with E-state index in [1.807, 2.05) is 6.07 Å². The molecule has 0 radical (unpaired) electrons. The van der Waals surface area contributed by atoms with E-state index in [4.69, 9.17) is 10.5 Å². The quantitative estimate of drug-likeness (QED) is 0.830. The fourth-order valence-corrected chi connectivity index (χ4v) is 1.67. The van der Waals surface area contributed by atoms with Gasteiger partial charge in [0, 0.05) is 5.69 Å². The van der Waals surface area contributed by atoms with Gasteiger partial charge in [-0.3, -0.25) is 4.79 Å². The molecule has 0 saturated carbocycles. The summed E-state index contributed by atoms with van der Waals surface area (Å²) in [6, 6.07) is 8.86. The van der Waals surface area contributed by atoms with Crippen LogP contribution >= 0.6 is 0 Å². The number of hydrogen-bond acceptors (Lipinski definition) is 6. The third kappa shape index (κ3) is 3.38. The van der Waals surface area contributed by atoms with E-state index in [0.29, 0.717) is 11.4 Å². The van der Waals surface area contributed by atoms with Crippen molar-refractivity contribution in [1.82, 2.24) is 5.16 Å². The molecule has 2 aromatic rings. The number of aromatic nitrogens is 1. The van der Waals surface area contributed by atoms with Crippen LogP contribution in [-0.4, -0.2) is 23.1 Å². The highest BCUT2D eigenvalue weighted by molar-refractivity contribution is 5.99. The summed E-state index contributed by atoms with van der Waals surface area (Å²) in [6.07, 6.45) is -0.980. The minimum atomic E-state index is -0.980. The Hall–Kier alpha value is -2.83. The zero-order chi connectivity index (χ0) is 15.4. The van der Waals surface area contributed by atoms with Crippen LogP contribution in [0, 0.1) is 6.92 Å². The minimum Gasteiger partial charge on any atom is -0.449 e. The lowest BCUT2D eigenvalue weighted by Gasteiger charge is -2.13. The van der Waals surface area contributed by atoms with Crippen LogP contribution in [0.1, 0.15) is 23.0 Å². The summed E-state index contributed by atoms with van der Waals surface area (Å²) in [5.74, 6) is -1.32. The second-order valence-corrected chi connectivity index (χ2v) is 4.41. The topological polar surface area (TPSA) is 107 Å². The molecule has 7 heteroatoms. The van der Waals surface area contributed by atoms with Crippen molar-refractivity contribution in [3.8, 4) is 0 Å². The maximum absolute atomic E-state index is 11.9. The van der Waals surface area contributed by atoms with E-state index in [1.165, 1.54) is 6.92 Å². The number of carbonyl (C=O) groups is 2. The highest BCUT2D eigenvalue weighted by atomic mass is 16.5. The number of para-hydroxylation sites is 1. The number of nitrogen functional groups attached to an aromatic ring is 1. The van der Waals surface area contributed by atoms with Gasteiger partial charge in [-0.2, -0.15) is 0 Å². The molecule has 0 unspecified atom stereocenters. The molecule has 1 heterocycles. The number of rotatable bonds is 4.